The molecule has 1 saturated carbocycles. The molecule has 1 fully saturated rings. The highest BCUT2D eigenvalue weighted by molar-refractivity contribution is 6.36. The second-order valence-corrected chi connectivity index (χ2v) is 9.07. The number of nitrogens with two attached hydrogens (primary N) is 1. The molecule has 0 amide bonds. The van der Waals surface area contributed by atoms with Crippen LogP contribution in [0.25, 0.3) is 0 Å². The number of methoxy groups -OCH3 is 3. The molecule has 3 unspecified atom stereocenters. The van der Waals surface area contributed by atoms with E-state index in [0.717, 1.165) is 5.56 Å². The molecule has 1 aliphatic carbocycles. The number of rotatable bonds is 6. The lowest BCUT2D eigenvalue weighted by atomic mass is 9.63. The largest absolute Gasteiger partial charge is 0.497 e. The molecule has 2 aromatic carbocycles. The minimum absolute atomic E-state index is 0.0998. The van der Waals surface area contributed by atoms with E-state index in [9.17, 15) is 9.59 Å². The van der Waals surface area contributed by atoms with Crippen LogP contribution in [0, 0.1) is 11.8 Å². The SMILES string of the molecule is CNC(c1ccc(OC)cc1)C1C(=O)[C@@]2(Oc3c(Cl)c(OC)cc(OC)c3C2=O)[C@H](C)CC1N. The van der Waals surface area contributed by atoms with Crippen molar-refractivity contribution in [1.82, 2.24) is 5.32 Å². The molecule has 3 N–H and O–H groups in total. The van der Waals surface area contributed by atoms with E-state index < -0.39 is 35.3 Å². The first-order chi connectivity index (χ1) is 16.2. The van der Waals surface area contributed by atoms with Gasteiger partial charge >= 0.3 is 0 Å². The van der Waals surface area contributed by atoms with E-state index in [1.807, 2.05) is 24.3 Å². The summed E-state index contributed by atoms with van der Waals surface area (Å²) in [6.45, 7) is 1.80. The number of benzene rings is 2. The summed E-state index contributed by atoms with van der Waals surface area (Å²) in [5.74, 6) is -0.727. The van der Waals surface area contributed by atoms with Gasteiger partial charge in [0.25, 0.3) is 0 Å². The molecule has 8 nitrogen and oxygen atoms in total. The van der Waals surface area contributed by atoms with Gasteiger partial charge in [-0.1, -0.05) is 30.7 Å². The van der Waals surface area contributed by atoms with Gasteiger partial charge in [0.15, 0.2) is 11.5 Å². The van der Waals surface area contributed by atoms with Gasteiger partial charge in [-0.2, -0.15) is 0 Å². The molecule has 0 bridgehead atoms. The predicted molar refractivity (Wildman–Crippen MR) is 127 cm³/mol. The summed E-state index contributed by atoms with van der Waals surface area (Å²) in [6, 6.07) is 7.99. The number of carbonyl (C=O) groups is 2. The van der Waals surface area contributed by atoms with E-state index in [1.54, 1.807) is 21.1 Å². The highest BCUT2D eigenvalue weighted by atomic mass is 35.5. The van der Waals surface area contributed by atoms with E-state index in [4.69, 9.17) is 36.3 Å². The quantitative estimate of drug-likeness (QED) is 0.597. The van der Waals surface area contributed by atoms with Gasteiger partial charge < -0.3 is 30.0 Å². The van der Waals surface area contributed by atoms with Gasteiger partial charge in [0.2, 0.25) is 11.4 Å². The molecule has 2 aliphatic rings. The molecule has 9 heteroatoms. The summed E-state index contributed by atoms with van der Waals surface area (Å²) in [4.78, 5) is 28.1. The standard InChI is InChI=1S/C25H29ClN2O6/c1-12-10-15(27)18(21(28-2)13-6-8-14(31-3)9-7-13)23(29)25(12)24(30)19-16(32-4)11-17(33-5)20(26)22(19)34-25/h6-9,11-12,15,18,21,28H,10,27H2,1-5H3/t12-,15?,18?,21?,25+/m1/s1. The Kier molecular flexibility index (Phi) is 6.50. The van der Waals surface area contributed by atoms with Gasteiger partial charge in [-0.15, -0.1) is 0 Å². The average Bonchev–Trinajstić information content (AvgIpc) is 3.16. The monoisotopic (exact) mass is 488 g/mol. The summed E-state index contributed by atoms with van der Waals surface area (Å²) in [7, 11) is 6.24. The van der Waals surface area contributed by atoms with Gasteiger partial charge in [-0.05, 0) is 31.2 Å². The van der Waals surface area contributed by atoms with Crippen LogP contribution in [-0.4, -0.2) is 51.6 Å². The van der Waals surface area contributed by atoms with Crippen LogP contribution in [0.5, 0.6) is 23.0 Å². The van der Waals surface area contributed by atoms with Crippen molar-refractivity contribution in [2.24, 2.45) is 17.6 Å². The van der Waals surface area contributed by atoms with Crippen molar-refractivity contribution in [3.8, 4) is 23.0 Å². The Labute approximate surface area is 203 Å². The number of fused-ring (bicyclic) bond motifs is 1. The minimum Gasteiger partial charge on any atom is -0.497 e. The maximum atomic E-state index is 14.2. The van der Waals surface area contributed by atoms with Crippen molar-refractivity contribution < 1.29 is 28.5 Å². The van der Waals surface area contributed by atoms with Gasteiger partial charge in [0.1, 0.15) is 27.8 Å². The van der Waals surface area contributed by atoms with Crippen LogP contribution in [0.4, 0.5) is 0 Å². The fourth-order valence-corrected chi connectivity index (χ4v) is 5.52. The van der Waals surface area contributed by atoms with E-state index in [-0.39, 0.29) is 33.6 Å². The first-order valence-electron chi connectivity index (χ1n) is 11.0. The Balaban J connectivity index is 1.81. The summed E-state index contributed by atoms with van der Waals surface area (Å²) in [5, 5.41) is 3.34. The molecule has 182 valence electrons. The van der Waals surface area contributed by atoms with Gasteiger partial charge in [0, 0.05) is 24.1 Å². The molecule has 1 spiro atoms. The Morgan fingerprint density at radius 1 is 1.12 bits per heavy atom. The highest BCUT2D eigenvalue weighted by Crippen LogP contribution is 2.54. The molecular weight excluding hydrogens is 460 g/mol. The Morgan fingerprint density at radius 2 is 1.76 bits per heavy atom. The van der Waals surface area contributed by atoms with Crippen LogP contribution in [-0.2, 0) is 4.79 Å². The Bertz CT molecular complexity index is 1120. The Morgan fingerprint density at radius 3 is 2.32 bits per heavy atom. The molecular formula is C25H29ClN2O6. The maximum Gasteiger partial charge on any atom is 0.232 e. The van der Waals surface area contributed by atoms with Crippen molar-refractivity contribution in [3.05, 3.63) is 46.5 Å². The molecule has 2 aromatic rings. The number of halogens is 1. The molecule has 0 aromatic heterocycles. The molecule has 4 rings (SSSR count). The van der Waals surface area contributed by atoms with E-state index >= 15 is 0 Å². The Hall–Kier alpha value is -2.81. The molecule has 1 aliphatic heterocycles. The lowest BCUT2D eigenvalue weighted by Gasteiger charge is -2.45. The summed E-state index contributed by atoms with van der Waals surface area (Å²) in [5.41, 5.74) is 5.78. The minimum atomic E-state index is -1.76. The van der Waals surface area contributed by atoms with Crippen LogP contribution in [0.15, 0.2) is 30.3 Å². The first-order valence-corrected chi connectivity index (χ1v) is 11.4. The van der Waals surface area contributed by atoms with E-state index in [2.05, 4.69) is 5.32 Å². The van der Waals surface area contributed by atoms with Crippen LogP contribution in [0.3, 0.4) is 0 Å². The third-order valence-corrected chi connectivity index (χ3v) is 7.37. The maximum absolute atomic E-state index is 14.2. The first kappa shape index (κ1) is 24.3. The number of ketones is 2. The van der Waals surface area contributed by atoms with Crippen LogP contribution in [0.1, 0.15) is 35.3 Å². The van der Waals surface area contributed by atoms with Gasteiger partial charge in [-0.3, -0.25) is 9.59 Å². The summed E-state index contributed by atoms with van der Waals surface area (Å²) in [6.07, 6.45) is 0.404. The number of carbonyl (C=O) groups excluding carboxylic acids is 2. The third kappa shape index (κ3) is 3.43. The van der Waals surface area contributed by atoms with Gasteiger partial charge in [0.05, 0.1) is 27.2 Å². The fraction of sp³-hybridized carbons (Fsp3) is 0.440. The third-order valence-electron chi connectivity index (χ3n) is 7.01. The smallest absolute Gasteiger partial charge is 0.232 e. The second-order valence-electron chi connectivity index (χ2n) is 8.70. The van der Waals surface area contributed by atoms with Crippen molar-refractivity contribution in [1.29, 1.82) is 0 Å². The van der Waals surface area contributed by atoms with Crippen LogP contribution >= 0.6 is 11.6 Å². The number of hydrogen-bond acceptors (Lipinski definition) is 8. The lowest BCUT2D eigenvalue weighted by Crippen LogP contribution is -2.65. The van der Waals surface area contributed by atoms with Crippen LogP contribution < -0.4 is 30.0 Å². The zero-order valence-electron chi connectivity index (χ0n) is 19.8. The second kappa shape index (κ2) is 9.09. The summed E-state index contributed by atoms with van der Waals surface area (Å²) >= 11 is 6.51. The zero-order valence-corrected chi connectivity index (χ0v) is 20.6. The average molecular weight is 489 g/mol. The van der Waals surface area contributed by atoms with Crippen molar-refractivity contribution in [2.45, 2.75) is 31.0 Å². The highest BCUT2D eigenvalue weighted by Gasteiger charge is 2.64. The van der Waals surface area contributed by atoms with E-state index in [0.29, 0.717) is 12.2 Å². The number of ether oxygens (including phenoxy) is 4. The van der Waals surface area contributed by atoms with Crippen molar-refractivity contribution in [2.75, 3.05) is 28.4 Å². The summed E-state index contributed by atoms with van der Waals surface area (Å²) < 4.78 is 22.2. The molecule has 0 saturated heterocycles. The normalized spacial score (nSPS) is 26.7. The topological polar surface area (TPSA) is 109 Å². The predicted octanol–water partition coefficient (Wildman–Crippen LogP) is 3.19. The fourth-order valence-electron chi connectivity index (χ4n) is 5.26. The van der Waals surface area contributed by atoms with Crippen molar-refractivity contribution >= 4 is 23.2 Å². The van der Waals surface area contributed by atoms with Crippen LogP contribution in [0.2, 0.25) is 5.02 Å². The number of nitrogens with one attached hydrogen (secondary N) is 1. The molecule has 5 atom stereocenters. The molecule has 0 radical (unpaired) electrons. The lowest BCUT2D eigenvalue weighted by molar-refractivity contribution is -0.144. The number of hydrogen-bond donors (Lipinski definition) is 2. The molecule has 34 heavy (non-hydrogen) atoms. The van der Waals surface area contributed by atoms with Gasteiger partial charge in [-0.25, -0.2) is 0 Å². The zero-order chi connectivity index (χ0) is 24.8. The number of Topliss-reactive ketones (excluding diaryl/α,β-unsaturated/α-hetero) is 2. The molecule has 1 heterocycles. The van der Waals surface area contributed by atoms with E-state index in [1.165, 1.54) is 20.3 Å². The van der Waals surface area contributed by atoms with Crippen molar-refractivity contribution in [3.63, 3.8) is 0 Å².